The number of unbranched alkanes of at least 4 members (excludes halogenated alkanes) is 1. The summed E-state index contributed by atoms with van der Waals surface area (Å²) in [6.07, 6.45) is 1.65. The van der Waals surface area contributed by atoms with E-state index in [2.05, 4.69) is 6.92 Å². The van der Waals surface area contributed by atoms with Gasteiger partial charge in [0, 0.05) is 38.5 Å². The molecule has 0 bridgehead atoms. The molecule has 0 unspecified atom stereocenters. The van der Waals surface area contributed by atoms with Gasteiger partial charge in [-0.25, -0.2) is 4.79 Å². The number of amides is 2. The van der Waals surface area contributed by atoms with Gasteiger partial charge in [-0.1, -0.05) is 25.1 Å². The third kappa shape index (κ3) is 3.90. The van der Waals surface area contributed by atoms with E-state index in [9.17, 15) is 14.4 Å². The molecule has 2 aliphatic rings. The molecule has 2 aliphatic heterocycles. The van der Waals surface area contributed by atoms with Crippen LogP contribution in [0.1, 0.15) is 26.7 Å². The molecule has 2 heterocycles. The SMILES string of the molecule is CCCCOC(=O)N1CC2(CN(C(=O)CSC(C)=O)C2)C1. The maximum atomic E-state index is 11.8. The van der Waals surface area contributed by atoms with Crippen molar-refractivity contribution in [3.05, 3.63) is 0 Å². The normalized spacial score (nSPS) is 19.0. The van der Waals surface area contributed by atoms with Gasteiger partial charge in [0.2, 0.25) is 5.91 Å². The average molecular weight is 314 g/mol. The first-order valence-electron chi connectivity index (χ1n) is 7.28. The number of carbonyl (C=O) groups excluding carboxylic acids is 3. The summed E-state index contributed by atoms with van der Waals surface area (Å²) in [5.41, 5.74) is 0.0698. The lowest BCUT2D eigenvalue weighted by atomic mass is 9.73. The van der Waals surface area contributed by atoms with Crippen LogP contribution in [0.2, 0.25) is 0 Å². The van der Waals surface area contributed by atoms with Gasteiger partial charge in [-0.05, 0) is 6.42 Å². The van der Waals surface area contributed by atoms with E-state index in [1.165, 1.54) is 6.92 Å². The maximum absolute atomic E-state index is 11.8. The summed E-state index contributed by atoms with van der Waals surface area (Å²) >= 11 is 1.04. The summed E-state index contributed by atoms with van der Waals surface area (Å²) in [5.74, 6) is 0.221. The predicted octanol–water partition coefficient (Wildman–Crippen LogP) is 1.35. The molecule has 118 valence electrons. The molecule has 0 saturated carbocycles. The van der Waals surface area contributed by atoms with Crippen molar-refractivity contribution in [3.8, 4) is 0 Å². The number of likely N-dealkylation sites (tertiary alicyclic amines) is 2. The van der Waals surface area contributed by atoms with Crippen LogP contribution in [0.3, 0.4) is 0 Å². The first kappa shape index (κ1) is 16.1. The minimum absolute atomic E-state index is 0.00444. The molecule has 1 spiro atoms. The Morgan fingerprint density at radius 3 is 2.33 bits per heavy atom. The Labute approximate surface area is 129 Å². The van der Waals surface area contributed by atoms with Gasteiger partial charge in [0.05, 0.1) is 12.4 Å². The molecule has 2 rings (SSSR count). The molecule has 21 heavy (non-hydrogen) atoms. The van der Waals surface area contributed by atoms with Crippen LogP contribution in [-0.4, -0.2) is 65.5 Å². The number of ether oxygens (including phenoxy) is 1. The Morgan fingerprint density at radius 1 is 1.14 bits per heavy atom. The van der Waals surface area contributed by atoms with Gasteiger partial charge in [-0.2, -0.15) is 0 Å². The van der Waals surface area contributed by atoms with Gasteiger partial charge in [-0.15, -0.1) is 0 Å². The minimum Gasteiger partial charge on any atom is -0.449 e. The highest BCUT2D eigenvalue weighted by molar-refractivity contribution is 8.14. The van der Waals surface area contributed by atoms with E-state index in [1.54, 1.807) is 9.80 Å². The average Bonchev–Trinajstić information content (AvgIpc) is 2.33. The second-order valence-electron chi connectivity index (χ2n) is 5.85. The Hall–Kier alpha value is -1.24. The summed E-state index contributed by atoms with van der Waals surface area (Å²) in [5, 5.41) is -0.0387. The predicted molar refractivity (Wildman–Crippen MR) is 80.0 cm³/mol. The van der Waals surface area contributed by atoms with E-state index in [4.69, 9.17) is 4.74 Å². The summed E-state index contributed by atoms with van der Waals surface area (Å²) in [6.45, 7) is 6.70. The lowest BCUT2D eigenvalue weighted by molar-refractivity contribution is -0.153. The van der Waals surface area contributed by atoms with E-state index in [1.807, 2.05) is 0 Å². The van der Waals surface area contributed by atoms with Crippen LogP contribution < -0.4 is 0 Å². The Balaban J connectivity index is 1.63. The van der Waals surface area contributed by atoms with Crippen molar-refractivity contribution in [2.24, 2.45) is 5.41 Å². The van der Waals surface area contributed by atoms with Gasteiger partial charge in [0.25, 0.3) is 0 Å². The zero-order valence-corrected chi connectivity index (χ0v) is 13.4. The van der Waals surface area contributed by atoms with Crippen LogP contribution in [0, 0.1) is 5.41 Å². The molecule has 2 saturated heterocycles. The fourth-order valence-electron chi connectivity index (χ4n) is 2.68. The minimum atomic E-state index is -0.244. The van der Waals surface area contributed by atoms with Crippen molar-refractivity contribution in [2.45, 2.75) is 26.7 Å². The van der Waals surface area contributed by atoms with Gasteiger partial charge >= 0.3 is 6.09 Å². The third-order valence-corrected chi connectivity index (χ3v) is 4.64. The lowest BCUT2D eigenvalue weighted by Gasteiger charge is -2.59. The van der Waals surface area contributed by atoms with Crippen molar-refractivity contribution in [2.75, 3.05) is 38.5 Å². The topological polar surface area (TPSA) is 66.9 Å². The Morgan fingerprint density at radius 2 is 1.76 bits per heavy atom. The summed E-state index contributed by atoms with van der Waals surface area (Å²) in [4.78, 5) is 37.8. The number of carbonyl (C=O) groups is 3. The molecule has 0 aromatic rings. The number of hydrogen-bond acceptors (Lipinski definition) is 5. The molecule has 2 fully saturated rings. The summed E-state index contributed by atoms with van der Waals surface area (Å²) < 4.78 is 5.15. The number of hydrogen-bond donors (Lipinski definition) is 0. The number of nitrogens with zero attached hydrogens (tertiary/aromatic N) is 2. The van der Waals surface area contributed by atoms with Crippen LogP contribution in [0.4, 0.5) is 4.79 Å². The first-order chi connectivity index (χ1) is 9.96. The molecule has 0 aromatic carbocycles. The smallest absolute Gasteiger partial charge is 0.409 e. The van der Waals surface area contributed by atoms with Gasteiger partial charge in [0.1, 0.15) is 0 Å². The molecule has 2 amide bonds. The molecular weight excluding hydrogens is 292 g/mol. The van der Waals surface area contributed by atoms with Crippen LogP contribution in [-0.2, 0) is 14.3 Å². The molecule has 0 aliphatic carbocycles. The van der Waals surface area contributed by atoms with E-state index >= 15 is 0 Å². The Kier molecular flexibility index (Phi) is 5.13. The fraction of sp³-hybridized carbons (Fsp3) is 0.786. The zero-order chi connectivity index (χ0) is 15.5. The third-order valence-electron chi connectivity index (χ3n) is 3.84. The van der Waals surface area contributed by atoms with Crippen molar-refractivity contribution < 1.29 is 19.1 Å². The summed E-state index contributed by atoms with van der Waals surface area (Å²) in [6, 6.07) is 0. The molecule has 0 N–H and O–H groups in total. The Bertz CT molecular complexity index is 427. The van der Waals surface area contributed by atoms with E-state index in [0.717, 1.165) is 24.6 Å². The molecule has 0 radical (unpaired) electrons. The van der Waals surface area contributed by atoms with E-state index in [0.29, 0.717) is 32.8 Å². The number of rotatable bonds is 5. The quantitative estimate of drug-likeness (QED) is 0.717. The summed E-state index contributed by atoms with van der Waals surface area (Å²) in [7, 11) is 0. The highest BCUT2D eigenvalue weighted by Gasteiger charge is 2.54. The monoisotopic (exact) mass is 314 g/mol. The van der Waals surface area contributed by atoms with Crippen molar-refractivity contribution in [1.29, 1.82) is 0 Å². The zero-order valence-electron chi connectivity index (χ0n) is 12.6. The molecular formula is C14H22N2O4S. The molecule has 6 nitrogen and oxygen atoms in total. The van der Waals surface area contributed by atoms with E-state index < -0.39 is 0 Å². The molecule has 7 heteroatoms. The van der Waals surface area contributed by atoms with Crippen molar-refractivity contribution >= 4 is 28.9 Å². The highest BCUT2D eigenvalue weighted by atomic mass is 32.2. The van der Waals surface area contributed by atoms with Crippen molar-refractivity contribution in [1.82, 2.24) is 9.80 Å². The molecule has 0 atom stereocenters. The second-order valence-corrected chi connectivity index (χ2v) is 7.01. The molecule has 0 aromatic heterocycles. The van der Waals surface area contributed by atoms with Gasteiger partial charge < -0.3 is 14.5 Å². The van der Waals surface area contributed by atoms with Crippen LogP contribution in [0.5, 0.6) is 0 Å². The fourth-order valence-corrected chi connectivity index (χ4v) is 3.19. The van der Waals surface area contributed by atoms with Gasteiger partial charge in [-0.3, -0.25) is 9.59 Å². The maximum Gasteiger partial charge on any atom is 0.409 e. The lowest BCUT2D eigenvalue weighted by Crippen LogP contribution is -2.73. The first-order valence-corrected chi connectivity index (χ1v) is 8.27. The van der Waals surface area contributed by atoms with Gasteiger partial charge in [0.15, 0.2) is 5.12 Å². The number of thioether (sulfide) groups is 1. The van der Waals surface area contributed by atoms with Crippen LogP contribution in [0.25, 0.3) is 0 Å². The van der Waals surface area contributed by atoms with E-state index in [-0.39, 0.29) is 28.3 Å². The highest BCUT2D eigenvalue weighted by Crippen LogP contribution is 2.40. The standard InChI is InChI=1S/C14H22N2O4S/c1-3-4-5-20-13(19)16-9-14(10-16)7-15(8-14)12(18)6-21-11(2)17/h3-10H2,1-2H3. The van der Waals surface area contributed by atoms with Crippen molar-refractivity contribution in [3.63, 3.8) is 0 Å². The van der Waals surface area contributed by atoms with Crippen LogP contribution in [0.15, 0.2) is 0 Å². The second kappa shape index (κ2) is 6.68. The largest absolute Gasteiger partial charge is 0.449 e. The van der Waals surface area contributed by atoms with Crippen LogP contribution >= 0.6 is 11.8 Å².